The zero-order valence-corrected chi connectivity index (χ0v) is 7.54. The molecule has 0 aromatic carbocycles. The van der Waals surface area contributed by atoms with Gasteiger partial charge in [-0.15, -0.1) is 0 Å². The number of rotatable bonds is 0. The first-order valence-corrected chi connectivity index (χ1v) is 4.15. The normalized spacial score (nSPS) is 32.4. The minimum atomic E-state index is -1.16. The Bertz CT molecular complexity index is 317. The molecule has 0 aliphatic heterocycles. The van der Waals surface area contributed by atoms with Crippen LogP contribution in [0.5, 0.6) is 0 Å². The summed E-state index contributed by atoms with van der Waals surface area (Å²) >= 11 is 0. The van der Waals surface area contributed by atoms with Crippen molar-refractivity contribution in [3.8, 4) is 23.7 Å². The van der Waals surface area contributed by atoms with E-state index >= 15 is 0 Å². The van der Waals surface area contributed by atoms with Crippen molar-refractivity contribution < 1.29 is 10.2 Å². The van der Waals surface area contributed by atoms with Gasteiger partial charge in [0.2, 0.25) is 0 Å². The van der Waals surface area contributed by atoms with Gasteiger partial charge in [0, 0.05) is 12.8 Å². The lowest BCUT2D eigenvalue weighted by Crippen LogP contribution is -2.38. The van der Waals surface area contributed by atoms with Crippen molar-refractivity contribution in [1.29, 1.82) is 0 Å². The van der Waals surface area contributed by atoms with E-state index in [0.717, 1.165) is 0 Å². The highest BCUT2D eigenvalue weighted by atomic mass is 16.3. The predicted molar refractivity (Wildman–Crippen MR) is 50.6 cm³/mol. The molecule has 1 rings (SSSR count). The maximum Gasteiger partial charge on any atom is 0.0995 e. The maximum absolute atomic E-state index is 9.72. The minimum absolute atomic E-state index is 0.264. The standard InChI is InChI=1S/C11H12O2/c1-11(13)9-7-5-3-2-4-6-8-10(11)12/h2-3,10,12-13H,8-9H2,1H3. The number of aliphatic hydroxyl groups is 2. The Morgan fingerprint density at radius 2 is 1.92 bits per heavy atom. The van der Waals surface area contributed by atoms with Gasteiger partial charge < -0.3 is 10.2 Å². The summed E-state index contributed by atoms with van der Waals surface area (Å²) in [5.74, 6) is 11.0. The van der Waals surface area contributed by atoms with Gasteiger partial charge in [0.05, 0.1) is 11.7 Å². The van der Waals surface area contributed by atoms with Gasteiger partial charge in [-0.25, -0.2) is 0 Å². The molecule has 0 fully saturated rings. The number of hydrogen-bond donors (Lipinski definition) is 2. The molecule has 0 spiro atoms. The van der Waals surface area contributed by atoms with Crippen LogP contribution in [-0.4, -0.2) is 21.9 Å². The van der Waals surface area contributed by atoms with Crippen molar-refractivity contribution in [2.75, 3.05) is 0 Å². The third-order valence-electron chi connectivity index (χ3n) is 1.91. The Balaban J connectivity index is 2.83. The molecule has 13 heavy (non-hydrogen) atoms. The molecule has 0 saturated carbocycles. The van der Waals surface area contributed by atoms with Crippen LogP contribution in [0.15, 0.2) is 12.2 Å². The predicted octanol–water partition coefficient (Wildman–Crippen LogP) is 0.455. The molecule has 1 aliphatic carbocycles. The fraction of sp³-hybridized carbons (Fsp3) is 0.455. The fourth-order valence-electron chi connectivity index (χ4n) is 0.924. The van der Waals surface area contributed by atoms with Gasteiger partial charge in [-0.05, 0) is 19.1 Å². The molecular weight excluding hydrogens is 164 g/mol. The van der Waals surface area contributed by atoms with E-state index in [0.29, 0.717) is 0 Å². The minimum Gasteiger partial charge on any atom is -0.389 e. The van der Waals surface area contributed by atoms with Gasteiger partial charge in [-0.3, -0.25) is 0 Å². The molecule has 68 valence electrons. The van der Waals surface area contributed by atoms with Gasteiger partial charge in [-0.2, -0.15) is 0 Å². The first kappa shape index (κ1) is 9.86. The first-order chi connectivity index (χ1) is 6.13. The number of aliphatic hydroxyl groups excluding tert-OH is 1. The van der Waals surface area contributed by atoms with Crippen molar-refractivity contribution in [1.82, 2.24) is 0 Å². The average molecular weight is 176 g/mol. The third-order valence-corrected chi connectivity index (χ3v) is 1.91. The highest BCUT2D eigenvalue weighted by Crippen LogP contribution is 2.16. The Morgan fingerprint density at radius 1 is 1.31 bits per heavy atom. The highest BCUT2D eigenvalue weighted by Gasteiger charge is 2.28. The second-order valence-corrected chi connectivity index (χ2v) is 3.23. The van der Waals surface area contributed by atoms with E-state index in [1.54, 1.807) is 19.1 Å². The van der Waals surface area contributed by atoms with Crippen molar-refractivity contribution in [3.63, 3.8) is 0 Å². The molecule has 2 nitrogen and oxygen atoms in total. The third kappa shape index (κ3) is 2.95. The number of allylic oxidation sites excluding steroid dienone is 2. The van der Waals surface area contributed by atoms with Gasteiger partial charge in [0.25, 0.3) is 0 Å². The van der Waals surface area contributed by atoms with Crippen LogP contribution in [-0.2, 0) is 0 Å². The topological polar surface area (TPSA) is 40.5 Å². The highest BCUT2D eigenvalue weighted by molar-refractivity contribution is 5.26. The van der Waals surface area contributed by atoms with E-state index < -0.39 is 11.7 Å². The average Bonchev–Trinajstić information content (AvgIpc) is 2.08. The van der Waals surface area contributed by atoms with Crippen LogP contribution >= 0.6 is 0 Å². The fourth-order valence-corrected chi connectivity index (χ4v) is 0.924. The molecule has 0 heterocycles. The lowest BCUT2D eigenvalue weighted by atomic mass is 9.93. The Morgan fingerprint density at radius 3 is 2.62 bits per heavy atom. The molecule has 2 heteroatoms. The summed E-state index contributed by atoms with van der Waals surface area (Å²) in [5, 5.41) is 19.2. The summed E-state index contributed by atoms with van der Waals surface area (Å²) in [6, 6.07) is 0. The first-order valence-electron chi connectivity index (χ1n) is 4.15. The van der Waals surface area contributed by atoms with Crippen LogP contribution in [0.25, 0.3) is 0 Å². The number of hydrogen-bond acceptors (Lipinski definition) is 2. The summed E-state index contributed by atoms with van der Waals surface area (Å²) < 4.78 is 0. The van der Waals surface area contributed by atoms with Crippen LogP contribution in [0.1, 0.15) is 19.8 Å². The van der Waals surface area contributed by atoms with Crippen LogP contribution in [0.3, 0.4) is 0 Å². The lowest BCUT2D eigenvalue weighted by Gasteiger charge is -2.25. The SMILES string of the molecule is CC1(O)CC#CC=CC#CCC1O. The van der Waals surface area contributed by atoms with Gasteiger partial charge >= 0.3 is 0 Å². The van der Waals surface area contributed by atoms with Gasteiger partial charge in [0.15, 0.2) is 0 Å². The van der Waals surface area contributed by atoms with Crippen molar-refractivity contribution in [2.45, 2.75) is 31.5 Å². The molecule has 2 atom stereocenters. The monoisotopic (exact) mass is 176 g/mol. The van der Waals surface area contributed by atoms with E-state index in [1.165, 1.54) is 0 Å². The van der Waals surface area contributed by atoms with Crippen LogP contribution < -0.4 is 0 Å². The largest absolute Gasteiger partial charge is 0.389 e. The van der Waals surface area contributed by atoms with Gasteiger partial charge in [0.1, 0.15) is 0 Å². The zero-order valence-electron chi connectivity index (χ0n) is 7.54. The quantitative estimate of drug-likeness (QED) is 0.526. The molecule has 0 radical (unpaired) electrons. The molecule has 2 N–H and O–H groups in total. The van der Waals surface area contributed by atoms with Crippen molar-refractivity contribution in [2.24, 2.45) is 0 Å². The van der Waals surface area contributed by atoms with Crippen LogP contribution in [0, 0.1) is 23.7 Å². The van der Waals surface area contributed by atoms with Gasteiger partial charge in [-0.1, -0.05) is 23.7 Å². The summed E-state index contributed by atoms with van der Waals surface area (Å²) in [5.41, 5.74) is -1.16. The van der Waals surface area contributed by atoms with Crippen LogP contribution in [0.2, 0.25) is 0 Å². The summed E-state index contributed by atoms with van der Waals surface area (Å²) in [6.07, 6.45) is 2.99. The molecule has 2 unspecified atom stereocenters. The molecule has 1 aliphatic rings. The Labute approximate surface area is 78.3 Å². The molecule has 0 bridgehead atoms. The second-order valence-electron chi connectivity index (χ2n) is 3.23. The van der Waals surface area contributed by atoms with E-state index in [-0.39, 0.29) is 12.8 Å². The summed E-state index contributed by atoms with van der Waals surface area (Å²) in [6.45, 7) is 1.57. The molecule has 0 aromatic rings. The Hall–Kier alpha value is -1.22. The van der Waals surface area contributed by atoms with E-state index in [4.69, 9.17) is 0 Å². The lowest BCUT2D eigenvalue weighted by molar-refractivity contribution is -0.0547. The van der Waals surface area contributed by atoms with E-state index in [9.17, 15) is 10.2 Å². The molecule has 0 aromatic heterocycles. The van der Waals surface area contributed by atoms with Crippen molar-refractivity contribution >= 4 is 0 Å². The molecule has 0 amide bonds. The second kappa shape index (κ2) is 4.14. The smallest absolute Gasteiger partial charge is 0.0995 e. The Kier molecular flexibility index (Phi) is 3.14. The molecule has 0 saturated heterocycles. The maximum atomic E-state index is 9.72. The summed E-state index contributed by atoms with van der Waals surface area (Å²) in [4.78, 5) is 0. The van der Waals surface area contributed by atoms with E-state index in [2.05, 4.69) is 23.7 Å². The zero-order chi connectivity index (χ0) is 9.73. The summed E-state index contributed by atoms with van der Waals surface area (Å²) in [7, 11) is 0. The van der Waals surface area contributed by atoms with Crippen molar-refractivity contribution in [3.05, 3.63) is 12.2 Å². The molecular formula is C11H12O2. The van der Waals surface area contributed by atoms with Crippen LogP contribution in [0.4, 0.5) is 0 Å². The van der Waals surface area contributed by atoms with E-state index in [1.807, 2.05) is 0 Å².